The van der Waals surface area contributed by atoms with Crippen LogP contribution in [0, 0.1) is 5.92 Å². The van der Waals surface area contributed by atoms with Gasteiger partial charge in [-0.15, -0.1) is 0 Å². The maximum Gasteiger partial charge on any atom is 0.227 e. The van der Waals surface area contributed by atoms with Gasteiger partial charge in [0.1, 0.15) is 0 Å². The molecule has 0 heterocycles. The molecule has 0 saturated heterocycles. The summed E-state index contributed by atoms with van der Waals surface area (Å²) in [5, 5.41) is 5.06. The number of halogens is 2. The zero-order valence-corrected chi connectivity index (χ0v) is 10.5. The van der Waals surface area contributed by atoms with E-state index in [9.17, 15) is 4.79 Å². The number of amides is 1. The molecule has 0 aromatic heterocycles. The Bertz CT molecular complexity index is 396. The molecule has 1 rings (SSSR count). The summed E-state index contributed by atoms with van der Waals surface area (Å²) in [5.41, 5.74) is 3.83. The third-order valence-corrected chi connectivity index (χ3v) is 2.38. The van der Waals surface area contributed by atoms with Crippen LogP contribution in [0.2, 0.25) is 10.0 Å². The van der Waals surface area contributed by atoms with Gasteiger partial charge in [0, 0.05) is 15.6 Å². The Kier molecular flexibility index (Phi) is 4.77. The molecule has 16 heavy (non-hydrogen) atoms. The Morgan fingerprint density at radius 1 is 1.31 bits per heavy atom. The number of hydrogen-bond donors (Lipinski definition) is 1. The lowest BCUT2D eigenvalue weighted by molar-refractivity contribution is -0.109. The van der Waals surface area contributed by atoms with Crippen LogP contribution in [0.15, 0.2) is 23.3 Å². The van der Waals surface area contributed by atoms with Crippen LogP contribution >= 0.6 is 23.2 Å². The van der Waals surface area contributed by atoms with Crippen LogP contribution in [-0.2, 0) is 4.79 Å². The molecule has 0 atom stereocenters. The third-order valence-electron chi connectivity index (χ3n) is 1.94. The number of rotatable bonds is 4. The fourth-order valence-electron chi connectivity index (χ4n) is 1.32. The topological polar surface area (TPSA) is 41.5 Å². The van der Waals surface area contributed by atoms with Crippen LogP contribution in [0.5, 0.6) is 0 Å². The molecule has 0 aliphatic carbocycles. The Labute approximate surface area is 104 Å². The number of hydrazone groups is 1. The predicted molar refractivity (Wildman–Crippen MR) is 67.0 cm³/mol. The molecule has 1 aromatic carbocycles. The first-order valence-electron chi connectivity index (χ1n) is 4.77. The molecule has 0 radical (unpaired) electrons. The van der Waals surface area contributed by atoms with E-state index in [-0.39, 0.29) is 5.92 Å². The molecule has 1 amide bonds. The van der Waals surface area contributed by atoms with E-state index in [0.717, 1.165) is 11.3 Å². The Morgan fingerprint density at radius 2 is 1.88 bits per heavy atom. The molecule has 0 unspecified atom stereocenters. The molecule has 0 saturated carbocycles. The molecule has 1 N–H and O–H groups in total. The van der Waals surface area contributed by atoms with Gasteiger partial charge in [-0.3, -0.25) is 4.79 Å². The average Bonchev–Trinajstić information content (AvgIpc) is 2.16. The molecule has 0 bridgehead atoms. The van der Waals surface area contributed by atoms with E-state index >= 15 is 0 Å². The fraction of sp³-hybridized carbons (Fsp3) is 0.273. The minimum atomic E-state index is 0.155. The normalized spacial score (nSPS) is 11.7. The van der Waals surface area contributed by atoms with Crippen molar-refractivity contribution in [2.75, 3.05) is 0 Å². The lowest BCUT2D eigenvalue weighted by Crippen LogP contribution is -2.15. The van der Waals surface area contributed by atoms with E-state index in [1.54, 1.807) is 18.2 Å². The van der Waals surface area contributed by atoms with Crippen molar-refractivity contribution in [3.8, 4) is 0 Å². The van der Waals surface area contributed by atoms with Crippen LogP contribution in [0.3, 0.4) is 0 Å². The zero-order valence-electron chi connectivity index (χ0n) is 9.00. The number of nitrogens with one attached hydrogen (secondary N) is 1. The van der Waals surface area contributed by atoms with E-state index in [2.05, 4.69) is 10.5 Å². The molecule has 0 spiro atoms. The first kappa shape index (κ1) is 13.0. The van der Waals surface area contributed by atoms with Crippen molar-refractivity contribution >= 4 is 35.3 Å². The van der Waals surface area contributed by atoms with Gasteiger partial charge in [0.05, 0.1) is 5.71 Å². The summed E-state index contributed by atoms with van der Waals surface area (Å²) in [5.74, 6) is 0.155. The highest BCUT2D eigenvalue weighted by atomic mass is 35.5. The van der Waals surface area contributed by atoms with E-state index in [1.165, 1.54) is 0 Å². The number of nitrogens with zero attached hydrogens (tertiary/aromatic N) is 1. The van der Waals surface area contributed by atoms with Crippen LogP contribution in [0.1, 0.15) is 19.4 Å². The van der Waals surface area contributed by atoms with Gasteiger partial charge in [-0.05, 0) is 24.1 Å². The van der Waals surface area contributed by atoms with Gasteiger partial charge in [-0.2, -0.15) is 5.10 Å². The molecular formula is C11H12Cl2N2O. The van der Waals surface area contributed by atoms with E-state index in [1.807, 2.05) is 13.8 Å². The van der Waals surface area contributed by atoms with Crippen LogP contribution in [0.4, 0.5) is 0 Å². The molecule has 0 aliphatic heterocycles. The SMILES string of the molecule is CC(C)C(=NNC=O)c1cc(Cl)cc(Cl)c1. The maximum atomic E-state index is 10.2. The lowest BCUT2D eigenvalue weighted by atomic mass is 10.0. The molecule has 3 nitrogen and oxygen atoms in total. The summed E-state index contributed by atoms with van der Waals surface area (Å²) < 4.78 is 0. The van der Waals surface area contributed by atoms with Crippen molar-refractivity contribution in [2.24, 2.45) is 11.0 Å². The van der Waals surface area contributed by atoms with Crippen LogP contribution in [0.25, 0.3) is 0 Å². The van der Waals surface area contributed by atoms with Crippen molar-refractivity contribution < 1.29 is 4.79 Å². The van der Waals surface area contributed by atoms with Crippen molar-refractivity contribution in [3.05, 3.63) is 33.8 Å². The molecule has 86 valence electrons. The van der Waals surface area contributed by atoms with Crippen LogP contribution in [-0.4, -0.2) is 12.1 Å². The van der Waals surface area contributed by atoms with E-state index < -0.39 is 0 Å². The minimum absolute atomic E-state index is 0.155. The van der Waals surface area contributed by atoms with Gasteiger partial charge in [0.2, 0.25) is 6.41 Å². The summed E-state index contributed by atoms with van der Waals surface area (Å²) in [6, 6.07) is 5.18. The van der Waals surface area contributed by atoms with Crippen molar-refractivity contribution in [1.82, 2.24) is 5.43 Å². The van der Waals surface area contributed by atoms with Crippen molar-refractivity contribution in [1.29, 1.82) is 0 Å². The van der Waals surface area contributed by atoms with Gasteiger partial charge in [0.25, 0.3) is 0 Å². The van der Waals surface area contributed by atoms with Gasteiger partial charge < -0.3 is 0 Å². The van der Waals surface area contributed by atoms with E-state index in [0.29, 0.717) is 16.5 Å². The number of benzene rings is 1. The Balaban J connectivity index is 3.15. The third kappa shape index (κ3) is 3.51. The van der Waals surface area contributed by atoms with Crippen molar-refractivity contribution in [3.63, 3.8) is 0 Å². The minimum Gasteiger partial charge on any atom is -0.277 e. The summed E-state index contributed by atoms with van der Waals surface area (Å²) in [4.78, 5) is 10.2. The molecule has 5 heteroatoms. The first-order valence-corrected chi connectivity index (χ1v) is 5.53. The number of hydrogen-bond acceptors (Lipinski definition) is 2. The van der Waals surface area contributed by atoms with Crippen molar-refractivity contribution in [2.45, 2.75) is 13.8 Å². The first-order chi connectivity index (χ1) is 7.54. The zero-order chi connectivity index (χ0) is 12.1. The van der Waals surface area contributed by atoms with Crippen LogP contribution < -0.4 is 5.43 Å². The smallest absolute Gasteiger partial charge is 0.227 e. The monoisotopic (exact) mass is 258 g/mol. The maximum absolute atomic E-state index is 10.2. The highest BCUT2D eigenvalue weighted by molar-refractivity contribution is 6.35. The summed E-state index contributed by atoms with van der Waals surface area (Å²) in [7, 11) is 0. The second kappa shape index (κ2) is 5.87. The van der Waals surface area contributed by atoms with Gasteiger partial charge in [-0.1, -0.05) is 37.0 Å². The average molecular weight is 259 g/mol. The van der Waals surface area contributed by atoms with E-state index in [4.69, 9.17) is 23.2 Å². The molecular weight excluding hydrogens is 247 g/mol. The molecule has 0 fully saturated rings. The van der Waals surface area contributed by atoms with Gasteiger partial charge in [-0.25, -0.2) is 5.43 Å². The Hall–Kier alpha value is -1.06. The second-order valence-corrected chi connectivity index (χ2v) is 4.43. The summed E-state index contributed by atoms with van der Waals surface area (Å²) in [6.07, 6.45) is 0.522. The standard InChI is InChI=1S/C11H12Cl2N2O/c1-7(2)11(15-14-6-16)8-3-9(12)5-10(13)4-8/h3-7H,1-2H3,(H,14,16). The number of carbonyl (C=O) groups is 1. The van der Waals surface area contributed by atoms with Gasteiger partial charge >= 0.3 is 0 Å². The lowest BCUT2D eigenvalue weighted by Gasteiger charge is -2.10. The van der Waals surface area contributed by atoms with Gasteiger partial charge in [0.15, 0.2) is 0 Å². The Morgan fingerprint density at radius 3 is 2.31 bits per heavy atom. The predicted octanol–water partition coefficient (Wildman–Crippen LogP) is 3.10. The quantitative estimate of drug-likeness (QED) is 0.504. The summed E-state index contributed by atoms with van der Waals surface area (Å²) in [6.45, 7) is 3.94. The fourth-order valence-corrected chi connectivity index (χ4v) is 1.85. The molecule has 0 aliphatic rings. The highest BCUT2D eigenvalue weighted by Crippen LogP contribution is 2.21. The number of carbonyl (C=O) groups excluding carboxylic acids is 1. The largest absolute Gasteiger partial charge is 0.277 e. The second-order valence-electron chi connectivity index (χ2n) is 3.56. The highest BCUT2D eigenvalue weighted by Gasteiger charge is 2.10. The molecule has 1 aromatic rings. The summed E-state index contributed by atoms with van der Waals surface area (Å²) >= 11 is 11.8.